The second-order valence-corrected chi connectivity index (χ2v) is 12.3. The third-order valence-corrected chi connectivity index (χ3v) is 11.3. The monoisotopic (exact) mass is 407 g/mol. The van der Waals surface area contributed by atoms with Crippen molar-refractivity contribution in [2.45, 2.75) is 83.7 Å². The van der Waals surface area contributed by atoms with E-state index in [0.29, 0.717) is 17.8 Å². The zero-order valence-electron chi connectivity index (χ0n) is 18.8. The first-order chi connectivity index (χ1) is 14.5. The summed E-state index contributed by atoms with van der Waals surface area (Å²) in [6.45, 7) is 7.62. The molecule has 3 saturated carbocycles. The highest BCUT2D eigenvalue weighted by molar-refractivity contribution is 5.73. The minimum absolute atomic E-state index is 0.0749. The van der Waals surface area contributed by atoms with E-state index in [4.69, 9.17) is 4.74 Å². The Balaban J connectivity index is 1.23. The van der Waals surface area contributed by atoms with Gasteiger partial charge >= 0.3 is 5.97 Å². The number of carbonyl (C=O) groups is 1. The predicted molar refractivity (Wildman–Crippen MR) is 116 cm³/mol. The zero-order valence-corrected chi connectivity index (χ0v) is 18.8. The molecule has 8 atom stereocenters. The highest BCUT2D eigenvalue weighted by Gasteiger charge is 2.83. The van der Waals surface area contributed by atoms with Crippen LogP contribution < -0.4 is 0 Å². The number of hydrogen-bond donors (Lipinski definition) is 0. The molecule has 5 aliphatic carbocycles. The SMILES string of the molecule is CC12CC1C1(CCC(=O)O1)C1(C)CCC3C4CCC(N5CCCC5)=CC4=CCC3C21. The second-order valence-electron chi connectivity index (χ2n) is 12.3. The van der Waals surface area contributed by atoms with Crippen LogP contribution >= 0.6 is 0 Å². The topological polar surface area (TPSA) is 29.5 Å². The normalized spacial score (nSPS) is 53.5. The number of allylic oxidation sites excluding steroid dienone is 4. The van der Waals surface area contributed by atoms with Crippen LogP contribution in [0.5, 0.6) is 0 Å². The molecule has 0 aromatic rings. The Hall–Kier alpha value is -1.25. The summed E-state index contributed by atoms with van der Waals surface area (Å²) in [5, 5.41) is 0. The summed E-state index contributed by atoms with van der Waals surface area (Å²) in [7, 11) is 0. The molecule has 1 spiro atoms. The molecule has 0 aromatic heterocycles. The smallest absolute Gasteiger partial charge is 0.306 e. The first kappa shape index (κ1) is 18.3. The lowest BCUT2D eigenvalue weighted by atomic mass is 9.48. The first-order valence-electron chi connectivity index (χ1n) is 12.8. The maximum atomic E-state index is 12.3. The van der Waals surface area contributed by atoms with Gasteiger partial charge in [-0.25, -0.2) is 0 Å². The summed E-state index contributed by atoms with van der Waals surface area (Å²) in [6.07, 6.45) is 17.4. The number of carbonyl (C=O) groups excluding carboxylic acids is 1. The lowest BCUT2D eigenvalue weighted by Crippen LogP contribution is -2.55. The van der Waals surface area contributed by atoms with Crippen LogP contribution in [-0.2, 0) is 9.53 Å². The van der Waals surface area contributed by atoms with Gasteiger partial charge in [-0.15, -0.1) is 0 Å². The minimum atomic E-state index is -0.131. The summed E-state index contributed by atoms with van der Waals surface area (Å²) in [6, 6.07) is 0. The van der Waals surface area contributed by atoms with Crippen LogP contribution in [0.4, 0.5) is 0 Å². The summed E-state index contributed by atoms with van der Waals surface area (Å²) in [4.78, 5) is 14.9. The molecule has 162 valence electrons. The molecule has 2 aliphatic heterocycles. The molecule has 0 radical (unpaired) electrons. The minimum Gasteiger partial charge on any atom is -0.458 e. The lowest BCUT2D eigenvalue weighted by Gasteiger charge is -2.57. The molecule has 5 fully saturated rings. The summed E-state index contributed by atoms with van der Waals surface area (Å²) < 4.78 is 6.29. The Morgan fingerprint density at radius 1 is 1.07 bits per heavy atom. The van der Waals surface area contributed by atoms with Crippen LogP contribution in [0.1, 0.15) is 78.1 Å². The fourth-order valence-corrected chi connectivity index (χ4v) is 10.2. The standard InChI is InChI=1S/C27H37NO2/c1-25-16-22(25)27(12-10-23(29)30-27)26(2)11-9-20-19-8-6-18(28-13-3-4-14-28)15-17(19)5-7-21(20)24(25)26/h5,15,19-22,24H,3-4,6-14,16H2,1-2H3. The molecule has 0 amide bonds. The van der Waals surface area contributed by atoms with Gasteiger partial charge in [-0.05, 0) is 98.5 Å². The number of fused-ring (bicyclic) bond motifs is 9. The van der Waals surface area contributed by atoms with Gasteiger partial charge in [0.2, 0.25) is 0 Å². The molecule has 3 nitrogen and oxygen atoms in total. The van der Waals surface area contributed by atoms with Crippen molar-refractivity contribution >= 4 is 5.97 Å². The molecule has 2 saturated heterocycles. The van der Waals surface area contributed by atoms with Gasteiger partial charge in [-0.2, -0.15) is 0 Å². The van der Waals surface area contributed by atoms with Crippen LogP contribution in [0, 0.1) is 40.4 Å². The number of ether oxygens (including phenoxy) is 1. The molecule has 2 heterocycles. The lowest BCUT2D eigenvalue weighted by molar-refractivity contribution is -0.174. The van der Waals surface area contributed by atoms with Crippen LogP contribution in [0.25, 0.3) is 0 Å². The molecule has 3 heteroatoms. The van der Waals surface area contributed by atoms with Crippen molar-refractivity contribution in [1.82, 2.24) is 4.90 Å². The van der Waals surface area contributed by atoms with Crippen molar-refractivity contribution in [3.05, 3.63) is 23.4 Å². The van der Waals surface area contributed by atoms with Crippen molar-refractivity contribution in [1.29, 1.82) is 0 Å². The largest absolute Gasteiger partial charge is 0.458 e. The van der Waals surface area contributed by atoms with Crippen LogP contribution in [0.2, 0.25) is 0 Å². The highest BCUT2D eigenvalue weighted by Crippen LogP contribution is 2.83. The average Bonchev–Trinajstić information content (AvgIpc) is 3.09. The van der Waals surface area contributed by atoms with E-state index in [2.05, 4.69) is 30.9 Å². The van der Waals surface area contributed by atoms with Crippen LogP contribution in [0.3, 0.4) is 0 Å². The fraction of sp³-hybridized carbons (Fsp3) is 0.815. The Kier molecular flexibility index (Phi) is 3.52. The van der Waals surface area contributed by atoms with Gasteiger partial charge in [0, 0.05) is 36.5 Å². The first-order valence-corrected chi connectivity index (χ1v) is 12.8. The number of nitrogens with zero attached hydrogens (tertiary/aromatic N) is 1. The average molecular weight is 408 g/mol. The van der Waals surface area contributed by atoms with Gasteiger partial charge in [-0.1, -0.05) is 19.9 Å². The van der Waals surface area contributed by atoms with Crippen molar-refractivity contribution in [2.24, 2.45) is 40.4 Å². The van der Waals surface area contributed by atoms with E-state index >= 15 is 0 Å². The predicted octanol–water partition coefficient (Wildman–Crippen LogP) is 5.47. The van der Waals surface area contributed by atoms with Gasteiger partial charge in [0.15, 0.2) is 0 Å². The maximum Gasteiger partial charge on any atom is 0.306 e. The molecule has 7 rings (SSSR count). The molecular weight excluding hydrogens is 370 g/mol. The number of hydrogen-bond acceptors (Lipinski definition) is 3. The summed E-state index contributed by atoms with van der Waals surface area (Å²) >= 11 is 0. The van der Waals surface area contributed by atoms with E-state index in [1.54, 1.807) is 11.3 Å². The zero-order chi connectivity index (χ0) is 20.3. The van der Waals surface area contributed by atoms with Crippen molar-refractivity contribution in [3.8, 4) is 0 Å². The molecule has 0 N–H and O–H groups in total. The Morgan fingerprint density at radius 2 is 1.90 bits per heavy atom. The quantitative estimate of drug-likeness (QED) is 0.540. The molecular formula is C27H37NO2. The maximum absolute atomic E-state index is 12.3. The Labute approximate surface area is 181 Å². The van der Waals surface area contributed by atoms with E-state index in [9.17, 15) is 4.79 Å². The van der Waals surface area contributed by atoms with Gasteiger partial charge in [-0.3, -0.25) is 4.79 Å². The van der Waals surface area contributed by atoms with E-state index in [-0.39, 0.29) is 17.0 Å². The van der Waals surface area contributed by atoms with Crippen molar-refractivity contribution in [2.75, 3.05) is 13.1 Å². The van der Waals surface area contributed by atoms with Crippen molar-refractivity contribution in [3.63, 3.8) is 0 Å². The van der Waals surface area contributed by atoms with Crippen molar-refractivity contribution < 1.29 is 9.53 Å². The van der Waals surface area contributed by atoms with Crippen LogP contribution in [0.15, 0.2) is 23.4 Å². The Morgan fingerprint density at radius 3 is 2.67 bits per heavy atom. The number of rotatable bonds is 1. The van der Waals surface area contributed by atoms with Gasteiger partial charge in [0.05, 0.1) is 0 Å². The third-order valence-electron chi connectivity index (χ3n) is 11.3. The number of esters is 1. The number of likely N-dealkylation sites (tertiary alicyclic amines) is 1. The fourth-order valence-electron chi connectivity index (χ4n) is 10.2. The third kappa shape index (κ3) is 2.06. The van der Waals surface area contributed by atoms with Gasteiger partial charge in [0.25, 0.3) is 0 Å². The summed E-state index contributed by atoms with van der Waals surface area (Å²) in [5.74, 6) is 3.87. The van der Waals surface area contributed by atoms with E-state index < -0.39 is 0 Å². The molecule has 8 unspecified atom stereocenters. The van der Waals surface area contributed by atoms with E-state index in [1.807, 2.05) is 0 Å². The molecule has 0 aromatic carbocycles. The van der Waals surface area contributed by atoms with Gasteiger partial charge in [0.1, 0.15) is 5.60 Å². The van der Waals surface area contributed by atoms with Gasteiger partial charge < -0.3 is 9.64 Å². The highest BCUT2D eigenvalue weighted by atomic mass is 16.6. The van der Waals surface area contributed by atoms with Crippen LogP contribution in [-0.4, -0.2) is 29.6 Å². The van der Waals surface area contributed by atoms with E-state index in [1.165, 1.54) is 64.5 Å². The molecule has 0 bridgehead atoms. The summed E-state index contributed by atoms with van der Waals surface area (Å²) in [5.41, 5.74) is 3.79. The Bertz CT molecular complexity index is 868. The molecule has 7 aliphatic rings. The second kappa shape index (κ2) is 5.75. The van der Waals surface area contributed by atoms with E-state index in [0.717, 1.165) is 30.1 Å². The molecule has 30 heavy (non-hydrogen) atoms.